The van der Waals surface area contributed by atoms with Gasteiger partial charge in [0.2, 0.25) is 0 Å². The summed E-state index contributed by atoms with van der Waals surface area (Å²) >= 11 is 0. The molecular weight excluding hydrogens is 326 g/mol. The molecule has 0 aliphatic carbocycles. The smallest absolute Gasteiger partial charge is 0.608 e. The van der Waals surface area contributed by atoms with Crippen LogP contribution in [0, 0.1) is 0 Å². The molecule has 0 aliphatic rings. The first kappa shape index (κ1) is 18.9. The second kappa shape index (κ2) is 7.61. The molecule has 0 bridgehead atoms. The maximum absolute atomic E-state index is 11.4. The Labute approximate surface area is 128 Å². The molecule has 2 N–H and O–H groups in total. The molecule has 0 radical (unpaired) electrons. The second-order valence-electron chi connectivity index (χ2n) is 3.57. The minimum absolute atomic E-state index is 0. The fourth-order valence-corrected chi connectivity index (χ4v) is 2.31. The molecule has 2 aromatic rings. The Kier molecular flexibility index (Phi) is 7.19. The number of nitrogens with zero attached hydrogens (tertiary/aromatic N) is 4. The molecule has 20 heavy (non-hydrogen) atoms. The Morgan fingerprint density at radius 2 is 1.65 bits per heavy atom. The fraction of sp³-hybridized carbons (Fsp3) is 0.200. The van der Waals surface area contributed by atoms with Gasteiger partial charge in [0, 0.05) is 0 Å². The van der Waals surface area contributed by atoms with E-state index in [0.29, 0.717) is 17.9 Å². The van der Waals surface area contributed by atoms with Crippen molar-refractivity contribution in [3.63, 3.8) is 0 Å². The Hall–Kier alpha value is -1.11. The topological polar surface area (TPSA) is 91.1 Å². The van der Waals surface area contributed by atoms with E-state index >= 15 is 0 Å². The summed E-state index contributed by atoms with van der Waals surface area (Å²) in [5.41, 5.74) is 0.914. The van der Waals surface area contributed by atoms with Gasteiger partial charge in [0.25, 0.3) is 5.69 Å². The zero-order valence-electron chi connectivity index (χ0n) is 10.5. The molecule has 0 saturated carbocycles. The standard InChI is InChI=1S/C10H11N4O3P.2ClH/c1-2-13-5-3-11-7-9(13)10-8-12-4-6-14(10)18(15,16)17;;/h3-8H,2H2,1H3;2*1H. The van der Waals surface area contributed by atoms with Gasteiger partial charge >= 0.3 is 13.4 Å². The molecule has 0 fully saturated rings. The van der Waals surface area contributed by atoms with Gasteiger partial charge in [-0.2, -0.15) is 9.13 Å². The van der Waals surface area contributed by atoms with Crippen LogP contribution in [0.4, 0.5) is 0 Å². The molecule has 7 nitrogen and oxygen atoms in total. The van der Waals surface area contributed by atoms with E-state index in [9.17, 15) is 14.4 Å². The highest BCUT2D eigenvalue weighted by molar-refractivity contribution is 7.44. The number of aromatic nitrogens is 4. The van der Waals surface area contributed by atoms with Crippen LogP contribution in [0.25, 0.3) is 11.4 Å². The van der Waals surface area contributed by atoms with Crippen LogP contribution in [0.2, 0.25) is 0 Å². The molecule has 0 saturated heterocycles. The van der Waals surface area contributed by atoms with Crippen LogP contribution in [0.3, 0.4) is 0 Å². The molecule has 0 spiro atoms. The van der Waals surface area contributed by atoms with Crippen molar-refractivity contribution >= 4 is 7.75 Å². The Bertz CT molecular complexity index is 623. The van der Waals surface area contributed by atoms with Gasteiger partial charge in [-0.15, -0.1) is 4.34 Å². The van der Waals surface area contributed by atoms with Crippen molar-refractivity contribution in [3.8, 4) is 11.4 Å². The minimum Gasteiger partial charge on any atom is -1.00 e. The molecule has 0 unspecified atom stereocenters. The monoisotopic (exact) mass is 338 g/mol. The van der Waals surface area contributed by atoms with Gasteiger partial charge < -0.3 is 24.8 Å². The average Bonchev–Trinajstić information content (AvgIpc) is 2.37. The van der Waals surface area contributed by atoms with E-state index in [1.165, 1.54) is 18.6 Å². The van der Waals surface area contributed by atoms with Crippen LogP contribution in [0.5, 0.6) is 0 Å². The van der Waals surface area contributed by atoms with E-state index < -0.39 is 7.75 Å². The van der Waals surface area contributed by atoms with Gasteiger partial charge in [-0.3, -0.25) is 19.8 Å². The first-order chi connectivity index (χ1) is 8.54. The molecule has 0 amide bonds. The number of aryl methyl sites for hydroxylation is 1. The summed E-state index contributed by atoms with van der Waals surface area (Å²) in [4.78, 5) is 26.5. The zero-order chi connectivity index (χ0) is 13.2. The summed E-state index contributed by atoms with van der Waals surface area (Å²) in [6, 6.07) is 0. The number of hydrogen-bond acceptors (Lipinski definition) is 3. The lowest BCUT2D eigenvalue weighted by molar-refractivity contribution is -0.688. The molecule has 2 aromatic heterocycles. The fourth-order valence-electron chi connectivity index (χ4n) is 1.64. The quantitative estimate of drug-likeness (QED) is 0.429. The lowest BCUT2D eigenvalue weighted by atomic mass is 10.3. The van der Waals surface area contributed by atoms with Gasteiger partial charge in [0.1, 0.15) is 18.9 Å². The summed E-state index contributed by atoms with van der Waals surface area (Å²) in [5.74, 6) is 0. The van der Waals surface area contributed by atoms with Crippen LogP contribution >= 0.6 is 7.75 Å². The number of rotatable bonds is 3. The van der Waals surface area contributed by atoms with Crippen molar-refractivity contribution < 1.29 is 48.1 Å². The predicted octanol–water partition coefficient (Wildman–Crippen LogP) is -6.31. The summed E-state index contributed by atoms with van der Waals surface area (Å²) in [6.45, 7) is 2.59. The van der Waals surface area contributed by atoms with E-state index in [1.54, 1.807) is 18.6 Å². The molecule has 10 heteroatoms. The van der Waals surface area contributed by atoms with Crippen LogP contribution in [-0.2, 0) is 11.1 Å². The van der Waals surface area contributed by atoms with Crippen LogP contribution < -0.4 is 33.7 Å². The second-order valence-corrected chi connectivity index (χ2v) is 5.02. The van der Waals surface area contributed by atoms with E-state index in [-0.39, 0.29) is 24.8 Å². The van der Waals surface area contributed by atoms with Gasteiger partial charge in [-0.1, -0.05) is 0 Å². The van der Waals surface area contributed by atoms with Gasteiger partial charge in [-0.05, 0) is 6.92 Å². The van der Waals surface area contributed by atoms with Crippen molar-refractivity contribution in [1.29, 1.82) is 0 Å². The van der Waals surface area contributed by atoms with Crippen molar-refractivity contribution in [2.24, 2.45) is 0 Å². The summed E-state index contributed by atoms with van der Waals surface area (Å²) < 4.78 is 14.1. The summed E-state index contributed by atoms with van der Waals surface area (Å²) in [5, 5.41) is 0. The molecule has 2 rings (SSSR count). The van der Waals surface area contributed by atoms with Crippen LogP contribution in [0.1, 0.15) is 6.92 Å². The van der Waals surface area contributed by atoms with E-state index in [1.807, 2.05) is 11.5 Å². The van der Waals surface area contributed by atoms with Crippen molar-refractivity contribution in [2.75, 3.05) is 0 Å². The van der Waals surface area contributed by atoms with Gasteiger partial charge in [0.15, 0.2) is 12.4 Å². The number of hydrogen-bond donors (Lipinski definition) is 2. The van der Waals surface area contributed by atoms with Gasteiger partial charge in [0.05, 0.1) is 12.4 Å². The van der Waals surface area contributed by atoms with Crippen molar-refractivity contribution in [1.82, 2.24) is 9.97 Å². The lowest BCUT2D eigenvalue weighted by Crippen LogP contribution is -3.00. The third-order valence-electron chi connectivity index (χ3n) is 2.46. The molecule has 0 atom stereocenters. The van der Waals surface area contributed by atoms with Crippen LogP contribution in [-0.4, -0.2) is 19.8 Å². The SMILES string of the molecule is CC[n+]1ccncc1-c1cncc[n+]1P(=O)(O)O.[Cl-].[Cl-]. The van der Waals surface area contributed by atoms with Crippen molar-refractivity contribution in [2.45, 2.75) is 13.5 Å². The third-order valence-corrected chi connectivity index (χ3v) is 3.37. The van der Waals surface area contributed by atoms with Crippen molar-refractivity contribution in [3.05, 3.63) is 37.2 Å². The molecule has 2 heterocycles. The zero-order valence-corrected chi connectivity index (χ0v) is 12.9. The highest BCUT2D eigenvalue weighted by Gasteiger charge is 2.35. The normalized spacial score (nSPS) is 10.3. The van der Waals surface area contributed by atoms with E-state index in [2.05, 4.69) is 9.97 Å². The Balaban J connectivity index is 0.00000180. The largest absolute Gasteiger partial charge is 1.00 e. The lowest BCUT2D eigenvalue weighted by Gasteiger charge is -2.02. The minimum atomic E-state index is -4.42. The van der Waals surface area contributed by atoms with E-state index in [0.717, 1.165) is 4.34 Å². The third kappa shape index (κ3) is 3.94. The first-order valence-corrected chi connectivity index (χ1v) is 6.86. The number of halogens is 2. The molecule has 0 aromatic carbocycles. The molecular formula is C10H13Cl2N4O3P. The Morgan fingerprint density at radius 1 is 1.10 bits per heavy atom. The first-order valence-electron chi connectivity index (χ1n) is 5.30. The maximum atomic E-state index is 11.4. The summed E-state index contributed by atoms with van der Waals surface area (Å²) in [7, 11) is -4.42. The summed E-state index contributed by atoms with van der Waals surface area (Å²) in [6.07, 6.45) is 8.89. The Morgan fingerprint density at radius 3 is 2.20 bits per heavy atom. The highest BCUT2D eigenvalue weighted by atomic mass is 35.5. The highest BCUT2D eigenvalue weighted by Crippen LogP contribution is 2.29. The molecule has 0 aliphatic heterocycles. The van der Waals surface area contributed by atoms with Gasteiger partial charge in [-0.25, -0.2) is 0 Å². The average molecular weight is 339 g/mol. The van der Waals surface area contributed by atoms with Crippen LogP contribution in [0.15, 0.2) is 37.2 Å². The molecule has 110 valence electrons. The van der Waals surface area contributed by atoms with E-state index in [4.69, 9.17) is 0 Å². The maximum Gasteiger partial charge on any atom is 0.608 e. The predicted molar refractivity (Wildman–Crippen MR) is 61.0 cm³/mol.